The molecule has 0 fully saturated rings. The molecule has 0 aliphatic carbocycles. The standard InChI is InChI=1S/C16H26N8O2/c1-15(2,23-11-17-19-21-23)9-7-13(25)5-6-14(26)8-10-16(3,4)24-12-18-20-22-24/h11-12H,5-10H2,1-4H3. The molecule has 0 aromatic carbocycles. The van der Waals surface area contributed by atoms with E-state index >= 15 is 0 Å². The minimum atomic E-state index is -0.334. The number of hydrogen-bond acceptors (Lipinski definition) is 8. The summed E-state index contributed by atoms with van der Waals surface area (Å²) >= 11 is 0. The van der Waals surface area contributed by atoms with Crippen LogP contribution in [-0.4, -0.2) is 52.0 Å². The molecule has 142 valence electrons. The van der Waals surface area contributed by atoms with E-state index in [0.717, 1.165) is 0 Å². The summed E-state index contributed by atoms with van der Waals surface area (Å²) in [4.78, 5) is 24.2. The van der Waals surface area contributed by atoms with E-state index in [-0.39, 0.29) is 35.5 Å². The van der Waals surface area contributed by atoms with Crippen LogP contribution >= 0.6 is 0 Å². The molecule has 10 nitrogen and oxygen atoms in total. The quantitative estimate of drug-likeness (QED) is 0.586. The van der Waals surface area contributed by atoms with Crippen LogP contribution in [-0.2, 0) is 20.7 Å². The Morgan fingerprint density at radius 3 is 1.42 bits per heavy atom. The molecule has 2 aromatic rings. The van der Waals surface area contributed by atoms with Crippen LogP contribution in [0.1, 0.15) is 66.2 Å². The lowest BCUT2D eigenvalue weighted by Crippen LogP contribution is -2.28. The summed E-state index contributed by atoms with van der Waals surface area (Å²) < 4.78 is 3.29. The van der Waals surface area contributed by atoms with E-state index in [1.807, 2.05) is 27.7 Å². The highest BCUT2D eigenvalue weighted by atomic mass is 16.1. The molecule has 0 amide bonds. The van der Waals surface area contributed by atoms with Gasteiger partial charge in [-0.05, 0) is 61.4 Å². The number of carbonyl (C=O) groups excluding carboxylic acids is 2. The molecule has 0 unspecified atom stereocenters. The molecule has 26 heavy (non-hydrogen) atoms. The van der Waals surface area contributed by atoms with Crippen molar-refractivity contribution in [2.75, 3.05) is 0 Å². The third-order valence-corrected chi connectivity index (χ3v) is 4.65. The van der Waals surface area contributed by atoms with Gasteiger partial charge < -0.3 is 0 Å². The lowest BCUT2D eigenvalue weighted by Gasteiger charge is -2.23. The number of carbonyl (C=O) groups is 2. The van der Waals surface area contributed by atoms with Gasteiger partial charge in [0, 0.05) is 25.7 Å². The first-order chi connectivity index (χ1) is 12.2. The van der Waals surface area contributed by atoms with Crippen LogP contribution < -0.4 is 0 Å². The lowest BCUT2D eigenvalue weighted by molar-refractivity contribution is -0.124. The zero-order valence-corrected chi connectivity index (χ0v) is 15.8. The third-order valence-electron chi connectivity index (χ3n) is 4.65. The van der Waals surface area contributed by atoms with Crippen molar-refractivity contribution in [1.29, 1.82) is 0 Å². The van der Waals surface area contributed by atoms with Gasteiger partial charge in [0.25, 0.3) is 0 Å². The summed E-state index contributed by atoms with van der Waals surface area (Å²) in [6.07, 6.45) is 5.67. The minimum absolute atomic E-state index is 0.0826. The van der Waals surface area contributed by atoms with Crippen LogP contribution in [0.15, 0.2) is 12.7 Å². The molecule has 2 rings (SSSR count). The summed E-state index contributed by atoms with van der Waals surface area (Å²) in [6.45, 7) is 7.90. The number of aromatic nitrogens is 8. The molecular weight excluding hydrogens is 336 g/mol. The fraction of sp³-hybridized carbons (Fsp3) is 0.750. The Balaban J connectivity index is 1.69. The fourth-order valence-corrected chi connectivity index (χ4v) is 2.53. The Hall–Kier alpha value is -2.52. The number of nitrogens with zero attached hydrogens (tertiary/aromatic N) is 8. The summed E-state index contributed by atoms with van der Waals surface area (Å²) in [5.74, 6) is 0.165. The van der Waals surface area contributed by atoms with E-state index in [1.165, 1.54) is 0 Å². The molecule has 2 heterocycles. The van der Waals surface area contributed by atoms with Gasteiger partial charge in [-0.2, -0.15) is 0 Å². The van der Waals surface area contributed by atoms with Gasteiger partial charge >= 0.3 is 0 Å². The van der Waals surface area contributed by atoms with Crippen LogP contribution in [0.3, 0.4) is 0 Å². The zero-order valence-electron chi connectivity index (χ0n) is 15.8. The second-order valence-corrected chi connectivity index (χ2v) is 7.71. The fourth-order valence-electron chi connectivity index (χ4n) is 2.53. The molecule has 10 heteroatoms. The Labute approximate surface area is 152 Å². The summed E-state index contributed by atoms with van der Waals surface area (Å²) in [5.41, 5.74) is -0.669. The minimum Gasteiger partial charge on any atom is -0.300 e. The van der Waals surface area contributed by atoms with Gasteiger partial charge in [0.1, 0.15) is 24.2 Å². The first-order valence-corrected chi connectivity index (χ1v) is 8.71. The smallest absolute Gasteiger partial charge is 0.138 e. The first-order valence-electron chi connectivity index (χ1n) is 8.71. The number of hydrogen-bond donors (Lipinski definition) is 0. The van der Waals surface area contributed by atoms with Gasteiger partial charge in [-0.1, -0.05) is 0 Å². The van der Waals surface area contributed by atoms with Crippen molar-refractivity contribution >= 4 is 11.6 Å². The van der Waals surface area contributed by atoms with Crippen molar-refractivity contribution in [3.63, 3.8) is 0 Å². The average molecular weight is 362 g/mol. The molecule has 0 saturated carbocycles. The Bertz CT molecular complexity index is 644. The Morgan fingerprint density at radius 2 is 1.12 bits per heavy atom. The van der Waals surface area contributed by atoms with Gasteiger partial charge in [0.2, 0.25) is 0 Å². The van der Waals surface area contributed by atoms with Crippen LogP contribution in [0.25, 0.3) is 0 Å². The van der Waals surface area contributed by atoms with Crippen molar-refractivity contribution < 1.29 is 9.59 Å². The van der Waals surface area contributed by atoms with Gasteiger partial charge in [-0.25, -0.2) is 9.36 Å². The summed E-state index contributed by atoms with van der Waals surface area (Å²) in [5, 5.41) is 22.3. The van der Waals surface area contributed by atoms with Gasteiger partial charge in [0.05, 0.1) is 11.1 Å². The number of Topliss-reactive ketones (excluding diaryl/α,β-unsaturated/α-hetero) is 2. The third kappa shape index (κ3) is 5.50. The molecule has 0 spiro atoms. The number of rotatable bonds is 11. The largest absolute Gasteiger partial charge is 0.300 e. The van der Waals surface area contributed by atoms with Crippen LogP contribution in [0, 0.1) is 0 Å². The molecule has 0 aliphatic heterocycles. The van der Waals surface area contributed by atoms with E-state index in [2.05, 4.69) is 31.1 Å². The molecular formula is C16H26N8O2. The molecule has 0 atom stereocenters. The second-order valence-electron chi connectivity index (χ2n) is 7.71. The van der Waals surface area contributed by atoms with Crippen molar-refractivity contribution in [3.05, 3.63) is 12.7 Å². The number of tetrazole rings is 2. The SMILES string of the molecule is CC(C)(CCC(=O)CCC(=O)CCC(C)(C)n1cnnn1)n1cnnn1. The van der Waals surface area contributed by atoms with Gasteiger partial charge in [-0.3, -0.25) is 9.59 Å². The zero-order chi connectivity index (χ0) is 19.2. The monoisotopic (exact) mass is 362 g/mol. The average Bonchev–Trinajstić information content (AvgIpc) is 3.30. The summed E-state index contributed by atoms with van der Waals surface area (Å²) in [6, 6.07) is 0. The molecule has 0 N–H and O–H groups in total. The summed E-state index contributed by atoms with van der Waals surface area (Å²) in [7, 11) is 0. The van der Waals surface area contributed by atoms with Gasteiger partial charge in [0.15, 0.2) is 0 Å². The van der Waals surface area contributed by atoms with Crippen molar-refractivity contribution in [2.24, 2.45) is 0 Å². The normalized spacial score (nSPS) is 12.3. The first kappa shape index (κ1) is 19.8. The van der Waals surface area contributed by atoms with Crippen LogP contribution in [0.4, 0.5) is 0 Å². The maximum atomic E-state index is 12.1. The van der Waals surface area contributed by atoms with E-state index < -0.39 is 0 Å². The Kier molecular flexibility index (Phi) is 6.27. The predicted molar refractivity (Wildman–Crippen MR) is 92.0 cm³/mol. The van der Waals surface area contributed by atoms with E-state index in [4.69, 9.17) is 0 Å². The van der Waals surface area contributed by atoms with E-state index in [0.29, 0.717) is 25.7 Å². The topological polar surface area (TPSA) is 121 Å². The Morgan fingerprint density at radius 1 is 0.731 bits per heavy atom. The predicted octanol–water partition coefficient (Wildman–Crippen LogP) is 1.31. The molecule has 0 bridgehead atoms. The lowest BCUT2D eigenvalue weighted by atomic mass is 9.93. The molecule has 0 aliphatic rings. The molecule has 2 aromatic heterocycles. The maximum absolute atomic E-state index is 12.1. The second kappa shape index (κ2) is 8.24. The van der Waals surface area contributed by atoms with E-state index in [9.17, 15) is 9.59 Å². The molecule has 0 radical (unpaired) electrons. The van der Waals surface area contributed by atoms with Crippen molar-refractivity contribution in [3.8, 4) is 0 Å². The highest BCUT2D eigenvalue weighted by molar-refractivity contribution is 5.86. The maximum Gasteiger partial charge on any atom is 0.138 e. The highest BCUT2D eigenvalue weighted by Crippen LogP contribution is 2.22. The van der Waals surface area contributed by atoms with Crippen molar-refractivity contribution in [1.82, 2.24) is 40.4 Å². The highest BCUT2D eigenvalue weighted by Gasteiger charge is 2.24. The van der Waals surface area contributed by atoms with Crippen LogP contribution in [0.5, 0.6) is 0 Å². The van der Waals surface area contributed by atoms with Crippen LogP contribution in [0.2, 0.25) is 0 Å². The number of ketones is 2. The van der Waals surface area contributed by atoms with E-state index in [1.54, 1.807) is 22.0 Å². The van der Waals surface area contributed by atoms with Crippen molar-refractivity contribution in [2.45, 2.75) is 77.3 Å². The molecule has 0 saturated heterocycles. The van der Waals surface area contributed by atoms with Gasteiger partial charge in [-0.15, -0.1) is 10.2 Å².